The summed E-state index contributed by atoms with van der Waals surface area (Å²) in [7, 11) is 0. The number of alkyl halides is 3. The van der Waals surface area contributed by atoms with Gasteiger partial charge in [-0.05, 0) is 37.3 Å². The molecule has 0 aliphatic carbocycles. The van der Waals surface area contributed by atoms with Crippen LogP contribution in [0.3, 0.4) is 0 Å². The van der Waals surface area contributed by atoms with Gasteiger partial charge in [0.05, 0.1) is 5.56 Å². The Bertz CT molecular complexity index is 882. The summed E-state index contributed by atoms with van der Waals surface area (Å²) in [5.74, 6) is 0.142. The average Bonchev–Trinajstić information content (AvgIpc) is 3.39. The van der Waals surface area contributed by atoms with E-state index in [9.17, 15) is 23.1 Å². The van der Waals surface area contributed by atoms with Crippen molar-refractivity contribution in [2.24, 2.45) is 0 Å². The molecular formula is C22H28F3N3O3. The number of aromatic nitrogens is 2. The maximum absolute atomic E-state index is 13.7. The summed E-state index contributed by atoms with van der Waals surface area (Å²) in [5, 5.41) is 13.1. The Balaban J connectivity index is 1.75. The number of rotatable bonds is 9. The number of nitrogens with zero attached hydrogens (tertiary/aromatic N) is 3. The van der Waals surface area contributed by atoms with Crippen LogP contribution in [0.1, 0.15) is 81.3 Å². The van der Waals surface area contributed by atoms with Gasteiger partial charge in [0.25, 0.3) is 0 Å². The molecule has 9 heteroatoms. The predicted molar refractivity (Wildman–Crippen MR) is 109 cm³/mol. The van der Waals surface area contributed by atoms with Gasteiger partial charge in [0.2, 0.25) is 11.7 Å². The molecule has 31 heavy (non-hydrogen) atoms. The van der Waals surface area contributed by atoms with Crippen LogP contribution in [0.5, 0.6) is 0 Å². The molecule has 170 valence electrons. The third kappa shape index (κ3) is 5.77. The molecule has 3 rings (SSSR count). The van der Waals surface area contributed by atoms with Crippen molar-refractivity contribution in [3.63, 3.8) is 0 Å². The van der Waals surface area contributed by atoms with Crippen LogP contribution in [-0.4, -0.2) is 32.8 Å². The summed E-state index contributed by atoms with van der Waals surface area (Å²) in [6.07, 6.45) is 2.07. The lowest BCUT2D eigenvalue weighted by molar-refractivity contribution is -0.138. The standard InChI is InChI=1S/C22H28F3N3O3/c1-2-3-4-5-6-7-9-15-11-12-16(14-17(15)22(23,24)25)19-26-20(31-27-19)18-10-8-13-28(18)21(29)30/h11-12,14,18H,2-10,13H2,1H3,(H,29,30). The summed E-state index contributed by atoms with van der Waals surface area (Å²) in [6.45, 7) is 2.49. The molecule has 1 unspecified atom stereocenters. The van der Waals surface area contributed by atoms with E-state index in [4.69, 9.17) is 4.52 Å². The van der Waals surface area contributed by atoms with Crippen LogP contribution in [0.15, 0.2) is 22.7 Å². The summed E-state index contributed by atoms with van der Waals surface area (Å²) in [4.78, 5) is 16.7. The highest BCUT2D eigenvalue weighted by Gasteiger charge is 2.35. The van der Waals surface area contributed by atoms with Gasteiger partial charge in [0.15, 0.2) is 0 Å². The van der Waals surface area contributed by atoms with E-state index in [1.807, 2.05) is 0 Å². The molecule has 2 heterocycles. The van der Waals surface area contributed by atoms with Gasteiger partial charge >= 0.3 is 12.3 Å². The van der Waals surface area contributed by atoms with Crippen molar-refractivity contribution < 1.29 is 27.6 Å². The molecule has 0 radical (unpaired) electrons. The van der Waals surface area contributed by atoms with Gasteiger partial charge in [0, 0.05) is 12.1 Å². The number of amides is 1. The van der Waals surface area contributed by atoms with E-state index in [0.29, 0.717) is 32.2 Å². The van der Waals surface area contributed by atoms with Crippen LogP contribution in [0.25, 0.3) is 11.4 Å². The zero-order chi connectivity index (χ0) is 22.4. The van der Waals surface area contributed by atoms with E-state index in [1.54, 1.807) is 6.07 Å². The van der Waals surface area contributed by atoms with E-state index < -0.39 is 23.9 Å². The molecule has 1 amide bonds. The fourth-order valence-electron chi connectivity index (χ4n) is 4.03. The maximum Gasteiger partial charge on any atom is 0.416 e. The maximum atomic E-state index is 13.7. The summed E-state index contributed by atoms with van der Waals surface area (Å²) in [6, 6.07) is 3.55. The molecule has 0 bridgehead atoms. The molecule has 1 aliphatic rings. The van der Waals surface area contributed by atoms with E-state index in [2.05, 4.69) is 17.1 Å². The first-order valence-corrected chi connectivity index (χ1v) is 10.8. The Morgan fingerprint density at radius 3 is 2.68 bits per heavy atom. The van der Waals surface area contributed by atoms with Crippen LogP contribution in [-0.2, 0) is 12.6 Å². The average molecular weight is 439 g/mol. The third-order valence-corrected chi connectivity index (χ3v) is 5.70. The topological polar surface area (TPSA) is 79.5 Å². The van der Waals surface area contributed by atoms with E-state index >= 15 is 0 Å². The minimum absolute atomic E-state index is 0.0313. The van der Waals surface area contributed by atoms with Crippen molar-refractivity contribution in [3.8, 4) is 11.4 Å². The smallest absolute Gasteiger partial charge is 0.416 e. The number of likely N-dealkylation sites (tertiary alicyclic amines) is 1. The first kappa shape index (κ1) is 23.1. The van der Waals surface area contributed by atoms with Crippen LogP contribution in [0.4, 0.5) is 18.0 Å². The van der Waals surface area contributed by atoms with Crippen molar-refractivity contribution in [2.75, 3.05) is 6.54 Å². The highest BCUT2D eigenvalue weighted by atomic mass is 19.4. The van der Waals surface area contributed by atoms with Crippen LogP contribution in [0.2, 0.25) is 0 Å². The Morgan fingerprint density at radius 2 is 1.97 bits per heavy atom. The van der Waals surface area contributed by atoms with Gasteiger partial charge in [-0.15, -0.1) is 0 Å². The van der Waals surface area contributed by atoms with Crippen molar-refractivity contribution >= 4 is 6.09 Å². The van der Waals surface area contributed by atoms with Crippen LogP contribution >= 0.6 is 0 Å². The Labute approximate surface area is 179 Å². The Kier molecular flexibility index (Phi) is 7.56. The molecule has 0 saturated carbocycles. The molecule has 1 aromatic carbocycles. The van der Waals surface area contributed by atoms with Gasteiger partial charge in [-0.2, -0.15) is 18.2 Å². The monoisotopic (exact) mass is 439 g/mol. The van der Waals surface area contributed by atoms with Gasteiger partial charge in [0.1, 0.15) is 6.04 Å². The minimum Gasteiger partial charge on any atom is -0.465 e. The second-order valence-electron chi connectivity index (χ2n) is 7.98. The first-order valence-electron chi connectivity index (χ1n) is 10.8. The quantitative estimate of drug-likeness (QED) is 0.453. The Morgan fingerprint density at radius 1 is 1.23 bits per heavy atom. The number of carbonyl (C=O) groups is 1. The molecule has 1 aliphatic heterocycles. The number of benzene rings is 1. The molecule has 1 N–H and O–H groups in total. The first-order chi connectivity index (χ1) is 14.8. The largest absolute Gasteiger partial charge is 0.465 e. The van der Waals surface area contributed by atoms with Crippen LogP contribution < -0.4 is 0 Å². The number of aryl methyl sites for hydroxylation is 1. The third-order valence-electron chi connectivity index (χ3n) is 5.70. The fraction of sp³-hybridized carbons (Fsp3) is 0.591. The number of hydrogen-bond donors (Lipinski definition) is 1. The lowest BCUT2D eigenvalue weighted by atomic mass is 9.97. The molecule has 1 aromatic heterocycles. The van der Waals surface area contributed by atoms with E-state index in [-0.39, 0.29) is 22.8 Å². The molecule has 6 nitrogen and oxygen atoms in total. The number of unbranched alkanes of at least 4 members (excludes halogenated alkanes) is 5. The highest BCUT2D eigenvalue weighted by Crippen LogP contribution is 2.36. The number of hydrogen-bond acceptors (Lipinski definition) is 4. The van der Waals surface area contributed by atoms with E-state index in [0.717, 1.165) is 38.2 Å². The zero-order valence-corrected chi connectivity index (χ0v) is 17.6. The normalized spacial score (nSPS) is 16.8. The van der Waals surface area contributed by atoms with Crippen molar-refractivity contribution in [2.45, 2.75) is 76.9 Å². The second kappa shape index (κ2) is 10.2. The van der Waals surface area contributed by atoms with Gasteiger partial charge < -0.3 is 9.63 Å². The van der Waals surface area contributed by atoms with Crippen molar-refractivity contribution in [3.05, 3.63) is 35.2 Å². The molecule has 2 aromatic rings. The summed E-state index contributed by atoms with van der Waals surface area (Å²) < 4.78 is 46.2. The minimum atomic E-state index is -4.48. The zero-order valence-electron chi connectivity index (χ0n) is 17.6. The highest BCUT2D eigenvalue weighted by molar-refractivity contribution is 5.66. The predicted octanol–water partition coefficient (Wildman–Crippen LogP) is 6.47. The molecule has 0 spiro atoms. The number of carboxylic acid groups (broad SMARTS) is 1. The van der Waals surface area contributed by atoms with Gasteiger partial charge in [-0.1, -0.05) is 56.3 Å². The lowest BCUT2D eigenvalue weighted by Gasteiger charge is -2.17. The van der Waals surface area contributed by atoms with Crippen molar-refractivity contribution in [1.29, 1.82) is 0 Å². The van der Waals surface area contributed by atoms with Gasteiger partial charge in [-0.25, -0.2) is 4.79 Å². The second-order valence-corrected chi connectivity index (χ2v) is 7.98. The van der Waals surface area contributed by atoms with Crippen LogP contribution in [0, 0.1) is 0 Å². The lowest BCUT2D eigenvalue weighted by Crippen LogP contribution is -2.28. The van der Waals surface area contributed by atoms with E-state index in [1.165, 1.54) is 11.0 Å². The van der Waals surface area contributed by atoms with Crippen molar-refractivity contribution in [1.82, 2.24) is 15.0 Å². The SMILES string of the molecule is CCCCCCCCc1ccc(-c2noc(C3CCCN3C(=O)O)n2)cc1C(F)(F)F. The fourth-order valence-corrected chi connectivity index (χ4v) is 4.03. The number of halogens is 3. The molecule has 1 fully saturated rings. The molecule has 1 saturated heterocycles. The molecular weight excluding hydrogens is 411 g/mol. The summed E-state index contributed by atoms with van der Waals surface area (Å²) >= 11 is 0. The van der Waals surface area contributed by atoms with Gasteiger partial charge in [-0.3, -0.25) is 4.90 Å². The Hall–Kier alpha value is -2.58. The summed E-state index contributed by atoms with van der Waals surface area (Å²) in [5.41, 5.74) is -0.213. The molecule has 1 atom stereocenters.